The molecule has 0 bridgehead atoms. The van der Waals surface area contributed by atoms with Crippen molar-refractivity contribution in [1.82, 2.24) is 19.9 Å². The molecule has 2 aromatic carbocycles. The van der Waals surface area contributed by atoms with Gasteiger partial charge in [-0.2, -0.15) is 0 Å². The van der Waals surface area contributed by atoms with Crippen LogP contribution in [0.1, 0.15) is 11.3 Å². The van der Waals surface area contributed by atoms with Crippen LogP contribution in [0.3, 0.4) is 0 Å². The van der Waals surface area contributed by atoms with Crippen LogP contribution in [0.25, 0.3) is 22.0 Å². The maximum Gasteiger partial charge on any atom is 0.152 e. The van der Waals surface area contributed by atoms with Crippen LogP contribution < -0.4 is 10.5 Å². The molecule has 4 aromatic rings. The second-order valence-electron chi connectivity index (χ2n) is 6.53. The Balaban J connectivity index is 1.78. The normalized spacial score (nSPS) is 11.1. The summed E-state index contributed by atoms with van der Waals surface area (Å²) in [4.78, 5) is 16.5. The first-order valence-electron chi connectivity index (χ1n) is 9.07. The van der Waals surface area contributed by atoms with E-state index >= 15 is 0 Å². The first-order chi connectivity index (χ1) is 15.0. The van der Waals surface area contributed by atoms with E-state index in [1.807, 2.05) is 0 Å². The number of ether oxygens (including phenoxy) is 2. The molecule has 0 saturated heterocycles. The monoisotopic (exact) mass is 443 g/mol. The number of halogens is 3. The van der Waals surface area contributed by atoms with Crippen molar-refractivity contribution in [2.45, 2.75) is 13.2 Å². The highest BCUT2D eigenvalue weighted by atomic mass is 35.5. The first-order valence-corrected chi connectivity index (χ1v) is 9.45. The van der Waals surface area contributed by atoms with Crippen LogP contribution in [0.5, 0.6) is 5.75 Å². The Labute approximate surface area is 180 Å². The topological polar surface area (TPSA) is 96.0 Å². The minimum absolute atomic E-state index is 0.0826. The van der Waals surface area contributed by atoms with Gasteiger partial charge in [-0.3, -0.25) is 0 Å². The van der Waals surface area contributed by atoms with Gasteiger partial charge in [0.2, 0.25) is 0 Å². The molecule has 2 N–H and O–H groups in total. The average molecular weight is 444 g/mol. The molecule has 10 heteroatoms. The highest BCUT2D eigenvalue weighted by Gasteiger charge is 2.19. The fourth-order valence-electron chi connectivity index (χ4n) is 3.18. The molecule has 0 atom stereocenters. The maximum absolute atomic E-state index is 14.7. The Morgan fingerprint density at radius 3 is 2.61 bits per heavy atom. The number of hydrogen-bond donors (Lipinski definition) is 1. The van der Waals surface area contributed by atoms with E-state index in [4.69, 9.17) is 26.8 Å². The summed E-state index contributed by atoms with van der Waals surface area (Å²) in [5.41, 5.74) is 8.30. The molecule has 0 saturated carbocycles. The van der Waals surface area contributed by atoms with E-state index in [1.54, 1.807) is 25.4 Å². The van der Waals surface area contributed by atoms with Crippen molar-refractivity contribution in [2.75, 3.05) is 12.8 Å². The number of aromatic nitrogens is 4. The number of nitrogens with zero attached hydrogens (tertiary/aromatic N) is 4. The Kier molecular flexibility index (Phi) is 5.88. The second-order valence-corrected chi connectivity index (χ2v) is 6.91. The fourth-order valence-corrected chi connectivity index (χ4v) is 3.34. The zero-order valence-electron chi connectivity index (χ0n) is 16.3. The van der Waals surface area contributed by atoms with Crippen LogP contribution in [0.15, 0.2) is 43.1 Å². The number of fused-ring (bicyclic) bond motifs is 1. The third kappa shape index (κ3) is 3.97. The van der Waals surface area contributed by atoms with E-state index in [2.05, 4.69) is 19.9 Å². The van der Waals surface area contributed by atoms with E-state index in [9.17, 15) is 8.78 Å². The van der Waals surface area contributed by atoms with Crippen molar-refractivity contribution in [3.05, 3.63) is 71.0 Å². The van der Waals surface area contributed by atoms with Crippen molar-refractivity contribution in [2.24, 2.45) is 0 Å². The van der Waals surface area contributed by atoms with Crippen molar-refractivity contribution in [1.29, 1.82) is 0 Å². The van der Waals surface area contributed by atoms with Crippen LogP contribution in [0, 0.1) is 11.6 Å². The standard InChI is InChI=1S/C21H16ClF2N5O2/c1-30-7-11-6-26-9-27-15(11)8-31-16-5-3-13(20-17(16)21(25)29-10-28-20)12-2-4-14(23)18(22)19(12)24/h2-6,9-10H,7-8H2,1H3,(H2,25,28,29). The van der Waals surface area contributed by atoms with Gasteiger partial charge in [-0.05, 0) is 24.3 Å². The predicted octanol–water partition coefficient (Wildman–Crippen LogP) is 4.33. The van der Waals surface area contributed by atoms with Gasteiger partial charge in [-0.25, -0.2) is 28.7 Å². The number of hydrogen-bond acceptors (Lipinski definition) is 7. The molecule has 4 rings (SSSR count). The summed E-state index contributed by atoms with van der Waals surface area (Å²) in [6.45, 7) is 0.440. The van der Waals surface area contributed by atoms with Crippen LogP contribution in [0.2, 0.25) is 5.02 Å². The summed E-state index contributed by atoms with van der Waals surface area (Å²) in [6, 6.07) is 5.61. The first kappa shape index (κ1) is 20.8. The SMILES string of the molecule is COCc1cncnc1COc1ccc(-c2ccc(F)c(Cl)c2F)c2ncnc(N)c12. The molecule has 158 valence electrons. The van der Waals surface area contributed by atoms with Crippen LogP contribution in [-0.4, -0.2) is 27.0 Å². The van der Waals surface area contributed by atoms with Crippen LogP contribution in [0.4, 0.5) is 14.6 Å². The minimum atomic E-state index is -0.890. The number of nitrogen functional groups attached to an aromatic ring is 1. The van der Waals surface area contributed by atoms with Gasteiger partial charge in [0.05, 0.1) is 23.2 Å². The molecule has 0 aliphatic carbocycles. The Morgan fingerprint density at radius 1 is 1.00 bits per heavy atom. The van der Waals surface area contributed by atoms with E-state index in [0.717, 1.165) is 11.6 Å². The average Bonchev–Trinajstić information content (AvgIpc) is 2.77. The summed E-state index contributed by atoms with van der Waals surface area (Å²) >= 11 is 5.75. The van der Waals surface area contributed by atoms with Crippen LogP contribution >= 0.6 is 11.6 Å². The number of rotatable bonds is 6. The van der Waals surface area contributed by atoms with Gasteiger partial charge >= 0.3 is 0 Å². The second kappa shape index (κ2) is 8.75. The lowest BCUT2D eigenvalue weighted by atomic mass is 10.0. The molecule has 0 spiro atoms. The third-order valence-corrected chi connectivity index (χ3v) is 5.00. The maximum atomic E-state index is 14.7. The van der Waals surface area contributed by atoms with Gasteiger partial charge < -0.3 is 15.2 Å². The van der Waals surface area contributed by atoms with E-state index < -0.39 is 16.7 Å². The molecule has 31 heavy (non-hydrogen) atoms. The smallest absolute Gasteiger partial charge is 0.152 e. The number of anilines is 1. The van der Waals surface area contributed by atoms with Gasteiger partial charge in [0.15, 0.2) is 5.82 Å². The van der Waals surface area contributed by atoms with E-state index in [0.29, 0.717) is 34.5 Å². The molecule has 0 radical (unpaired) electrons. The fraction of sp³-hybridized carbons (Fsp3) is 0.143. The summed E-state index contributed by atoms with van der Waals surface area (Å²) in [6.07, 6.45) is 4.32. The molecule has 0 unspecified atom stereocenters. The summed E-state index contributed by atoms with van der Waals surface area (Å²) in [5.74, 6) is -1.21. The minimum Gasteiger partial charge on any atom is -0.486 e. The number of benzene rings is 2. The van der Waals surface area contributed by atoms with E-state index in [-0.39, 0.29) is 18.0 Å². The molecular formula is C21H16ClF2N5O2. The van der Waals surface area contributed by atoms with Gasteiger partial charge in [-0.15, -0.1) is 0 Å². The number of methoxy groups -OCH3 is 1. The molecule has 2 aromatic heterocycles. The lowest BCUT2D eigenvalue weighted by molar-refractivity contribution is 0.181. The van der Waals surface area contributed by atoms with Gasteiger partial charge in [0.1, 0.15) is 41.7 Å². The molecule has 0 amide bonds. The van der Waals surface area contributed by atoms with Gasteiger partial charge in [0.25, 0.3) is 0 Å². The Hall–Kier alpha value is -3.43. The lowest BCUT2D eigenvalue weighted by Crippen LogP contribution is -2.06. The zero-order chi connectivity index (χ0) is 22.0. The molecule has 7 nitrogen and oxygen atoms in total. The number of nitrogens with two attached hydrogens (primary N) is 1. The Morgan fingerprint density at radius 2 is 1.81 bits per heavy atom. The Bertz CT molecular complexity index is 1270. The third-order valence-electron chi connectivity index (χ3n) is 4.65. The molecule has 0 aliphatic rings. The quantitative estimate of drug-likeness (QED) is 0.443. The highest BCUT2D eigenvalue weighted by Crippen LogP contribution is 2.38. The van der Waals surface area contributed by atoms with Crippen molar-refractivity contribution in [3.8, 4) is 16.9 Å². The lowest BCUT2D eigenvalue weighted by Gasteiger charge is -2.14. The van der Waals surface area contributed by atoms with Crippen molar-refractivity contribution in [3.63, 3.8) is 0 Å². The molecule has 0 aliphatic heterocycles. The van der Waals surface area contributed by atoms with Gasteiger partial charge in [0, 0.05) is 30.0 Å². The summed E-state index contributed by atoms with van der Waals surface area (Å²) in [5, 5.41) is -0.204. The van der Waals surface area contributed by atoms with Crippen molar-refractivity contribution < 1.29 is 18.3 Å². The van der Waals surface area contributed by atoms with Crippen LogP contribution in [-0.2, 0) is 18.0 Å². The predicted molar refractivity (Wildman–Crippen MR) is 111 cm³/mol. The van der Waals surface area contributed by atoms with E-state index in [1.165, 1.54) is 18.7 Å². The summed E-state index contributed by atoms with van der Waals surface area (Å²) in [7, 11) is 1.57. The molecular weight excluding hydrogens is 428 g/mol. The van der Waals surface area contributed by atoms with Crippen molar-refractivity contribution >= 4 is 28.3 Å². The summed E-state index contributed by atoms with van der Waals surface area (Å²) < 4.78 is 39.4. The molecule has 0 fully saturated rings. The molecule has 2 heterocycles. The van der Waals surface area contributed by atoms with Gasteiger partial charge in [-0.1, -0.05) is 11.6 Å². The highest BCUT2D eigenvalue weighted by molar-refractivity contribution is 6.31. The zero-order valence-corrected chi connectivity index (χ0v) is 17.0. The largest absolute Gasteiger partial charge is 0.486 e.